The highest BCUT2D eigenvalue weighted by Crippen LogP contribution is 2.12. The lowest BCUT2D eigenvalue weighted by molar-refractivity contribution is -0.107. The zero-order valence-corrected chi connectivity index (χ0v) is 7.81. The average molecular weight is 208 g/mol. The first-order chi connectivity index (χ1) is 7.15. The van der Waals surface area contributed by atoms with Gasteiger partial charge in [0.25, 0.3) is 0 Å². The fourth-order valence-corrected chi connectivity index (χ4v) is 1.05. The minimum absolute atomic E-state index is 0.0972. The predicted molar refractivity (Wildman–Crippen MR) is 53.1 cm³/mol. The van der Waals surface area contributed by atoms with Crippen molar-refractivity contribution < 1.29 is 19.1 Å². The molecule has 15 heavy (non-hydrogen) atoms. The van der Waals surface area contributed by atoms with Gasteiger partial charge in [-0.05, 0) is 12.1 Å². The van der Waals surface area contributed by atoms with Crippen LogP contribution >= 0.6 is 0 Å². The van der Waals surface area contributed by atoms with E-state index in [9.17, 15) is 14.0 Å². The Labute approximate surface area is 85.8 Å². The number of aromatic carboxylic acids is 1. The van der Waals surface area contributed by atoms with Crippen LogP contribution in [0.25, 0.3) is 6.08 Å². The van der Waals surface area contributed by atoms with Gasteiger partial charge in [0.05, 0.1) is 5.56 Å². The van der Waals surface area contributed by atoms with Crippen LogP contribution in [0.3, 0.4) is 0 Å². The van der Waals surface area contributed by atoms with Crippen molar-refractivity contribution >= 4 is 18.3 Å². The smallest absolute Gasteiger partial charge is 0.335 e. The van der Waals surface area contributed by atoms with Crippen molar-refractivity contribution in [3.8, 4) is 0 Å². The monoisotopic (exact) mass is 208 g/mol. The molecule has 4 heteroatoms. The number of carboxylic acids is 1. The quantitative estimate of drug-likeness (QED) is 0.771. The zero-order valence-electron chi connectivity index (χ0n) is 7.81. The van der Waals surface area contributed by atoms with Crippen molar-refractivity contribution in [1.82, 2.24) is 0 Å². The molecule has 0 aliphatic heterocycles. The maximum atomic E-state index is 13.2. The molecule has 0 unspecified atom stereocenters. The fraction of sp³-hybridized carbons (Fsp3) is 0.0909. The second-order valence-corrected chi connectivity index (χ2v) is 2.85. The molecule has 1 aromatic rings. The summed E-state index contributed by atoms with van der Waals surface area (Å²) in [4.78, 5) is 20.5. The number of aldehydes is 1. The summed E-state index contributed by atoms with van der Waals surface area (Å²) in [6, 6.07) is 3.62. The lowest BCUT2D eigenvalue weighted by Crippen LogP contribution is -1.97. The van der Waals surface area contributed by atoms with E-state index in [1.165, 1.54) is 24.3 Å². The molecule has 0 heterocycles. The maximum Gasteiger partial charge on any atom is 0.335 e. The first-order valence-electron chi connectivity index (χ1n) is 4.28. The number of benzene rings is 1. The van der Waals surface area contributed by atoms with Gasteiger partial charge >= 0.3 is 5.97 Å². The summed E-state index contributed by atoms with van der Waals surface area (Å²) < 4.78 is 13.2. The minimum Gasteiger partial charge on any atom is -0.478 e. The molecule has 1 rings (SSSR count). The second-order valence-electron chi connectivity index (χ2n) is 2.85. The van der Waals surface area contributed by atoms with Gasteiger partial charge in [-0.15, -0.1) is 0 Å². The maximum absolute atomic E-state index is 13.2. The number of rotatable bonds is 4. The third-order valence-electron chi connectivity index (χ3n) is 1.78. The Bertz CT molecular complexity index is 410. The summed E-state index contributed by atoms with van der Waals surface area (Å²) in [5.41, 5.74) is 0.168. The molecule has 3 nitrogen and oxygen atoms in total. The summed E-state index contributed by atoms with van der Waals surface area (Å²) in [5, 5.41) is 8.58. The van der Waals surface area contributed by atoms with E-state index >= 15 is 0 Å². The normalized spacial score (nSPS) is 10.5. The van der Waals surface area contributed by atoms with Crippen LogP contribution in [-0.2, 0) is 4.79 Å². The second kappa shape index (κ2) is 5.05. The molecule has 0 bridgehead atoms. The molecule has 0 saturated carbocycles. The van der Waals surface area contributed by atoms with Gasteiger partial charge in [-0.25, -0.2) is 9.18 Å². The highest BCUT2D eigenvalue weighted by molar-refractivity contribution is 5.87. The van der Waals surface area contributed by atoms with Crippen molar-refractivity contribution in [3.05, 3.63) is 41.2 Å². The van der Waals surface area contributed by atoms with Crippen LogP contribution in [0.4, 0.5) is 4.39 Å². The molecule has 0 aromatic heterocycles. The molecule has 1 aromatic carbocycles. The van der Waals surface area contributed by atoms with Crippen LogP contribution in [0, 0.1) is 5.82 Å². The van der Waals surface area contributed by atoms with E-state index in [1.807, 2.05) is 0 Å². The first kappa shape index (κ1) is 11.1. The number of hydrogen-bond donors (Lipinski definition) is 1. The highest BCUT2D eigenvalue weighted by atomic mass is 19.1. The van der Waals surface area contributed by atoms with Gasteiger partial charge in [-0.3, -0.25) is 0 Å². The van der Waals surface area contributed by atoms with E-state index < -0.39 is 11.8 Å². The molecule has 78 valence electrons. The topological polar surface area (TPSA) is 54.4 Å². The van der Waals surface area contributed by atoms with Crippen LogP contribution in [0.5, 0.6) is 0 Å². The number of carboxylic acid groups (broad SMARTS) is 1. The molecule has 0 aliphatic rings. The van der Waals surface area contributed by atoms with Crippen molar-refractivity contribution in [2.45, 2.75) is 6.42 Å². The molecule has 0 spiro atoms. The lowest BCUT2D eigenvalue weighted by atomic mass is 10.1. The van der Waals surface area contributed by atoms with E-state index in [1.54, 1.807) is 0 Å². The van der Waals surface area contributed by atoms with E-state index in [0.29, 0.717) is 6.29 Å². The standard InChI is InChI=1S/C11H9FO3/c12-10-7-9(11(14)15)5-4-8(10)3-1-2-6-13/h1,3-7H,2H2,(H,14,15). The number of hydrogen-bond acceptors (Lipinski definition) is 2. The van der Waals surface area contributed by atoms with Crippen LogP contribution in [0.1, 0.15) is 22.3 Å². The Balaban J connectivity index is 2.93. The molecular formula is C11H9FO3. The summed E-state index contributed by atoms with van der Waals surface area (Å²) in [6.45, 7) is 0. The van der Waals surface area contributed by atoms with Crippen molar-refractivity contribution in [2.24, 2.45) is 0 Å². The van der Waals surface area contributed by atoms with Crippen LogP contribution in [0.2, 0.25) is 0 Å². The predicted octanol–water partition coefficient (Wildman–Crippen LogP) is 2.13. The molecule has 0 radical (unpaired) electrons. The van der Waals surface area contributed by atoms with Crippen LogP contribution in [0.15, 0.2) is 24.3 Å². The van der Waals surface area contributed by atoms with E-state index in [4.69, 9.17) is 5.11 Å². The Kier molecular flexibility index (Phi) is 3.74. The Morgan fingerprint density at radius 1 is 1.47 bits per heavy atom. The molecule has 0 fully saturated rings. The van der Waals surface area contributed by atoms with Gasteiger partial charge in [-0.2, -0.15) is 0 Å². The number of carbonyl (C=O) groups is 2. The largest absolute Gasteiger partial charge is 0.478 e. The number of halogens is 1. The lowest BCUT2D eigenvalue weighted by Gasteiger charge is -1.98. The van der Waals surface area contributed by atoms with E-state index in [0.717, 1.165) is 6.07 Å². The van der Waals surface area contributed by atoms with Gasteiger partial charge in [0.15, 0.2) is 0 Å². The molecular weight excluding hydrogens is 199 g/mol. The highest BCUT2D eigenvalue weighted by Gasteiger charge is 2.05. The number of carbonyl (C=O) groups excluding carboxylic acids is 1. The van der Waals surface area contributed by atoms with Crippen molar-refractivity contribution in [1.29, 1.82) is 0 Å². The summed E-state index contributed by atoms with van der Waals surface area (Å²) in [5.74, 6) is -1.78. The van der Waals surface area contributed by atoms with E-state index in [2.05, 4.69) is 0 Å². The first-order valence-corrected chi connectivity index (χ1v) is 4.28. The SMILES string of the molecule is O=CCC=Cc1ccc(C(=O)O)cc1F. The Morgan fingerprint density at radius 2 is 2.20 bits per heavy atom. The van der Waals surface area contributed by atoms with Gasteiger partial charge < -0.3 is 9.90 Å². The van der Waals surface area contributed by atoms with Gasteiger partial charge in [0.2, 0.25) is 0 Å². The fourth-order valence-electron chi connectivity index (χ4n) is 1.05. The van der Waals surface area contributed by atoms with Crippen LogP contribution in [-0.4, -0.2) is 17.4 Å². The van der Waals surface area contributed by atoms with Crippen molar-refractivity contribution in [2.75, 3.05) is 0 Å². The minimum atomic E-state index is -1.17. The van der Waals surface area contributed by atoms with E-state index in [-0.39, 0.29) is 17.5 Å². The average Bonchev–Trinajstić information content (AvgIpc) is 2.20. The van der Waals surface area contributed by atoms with Crippen LogP contribution < -0.4 is 0 Å². The molecule has 0 atom stereocenters. The van der Waals surface area contributed by atoms with Gasteiger partial charge in [-0.1, -0.05) is 18.2 Å². The molecule has 0 amide bonds. The van der Waals surface area contributed by atoms with Gasteiger partial charge in [0.1, 0.15) is 12.1 Å². The summed E-state index contributed by atoms with van der Waals surface area (Å²) >= 11 is 0. The summed E-state index contributed by atoms with van der Waals surface area (Å²) in [6.07, 6.45) is 3.85. The molecule has 0 aliphatic carbocycles. The summed E-state index contributed by atoms with van der Waals surface area (Å²) in [7, 11) is 0. The van der Waals surface area contributed by atoms with Crippen molar-refractivity contribution in [3.63, 3.8) is 0 Å². The third-order valence-corrected chi connectivity index (χ3v) is 1.78. The number of allylic oxidation sites excluding steroid dienone is 1. The molecule has 1 N–H and O–H groups in total. The van der Waals surface area contributed by atoms with Gasteiger partial charge in [0, 0.05) is 12.0 Å². The third kappa shape index (κ3) is 3.02. The molecule has 0 saturated heterocycles. The zero-order chi connectivity index (χ0) is 11.3. The Hall–Kier alpha value is -1.97. The Morgan fingerprint density at radius 3 is 2.73 bits per heavy atom.